The van der Waals surface area contributed by atoms with Crippen molar-refractivity contribution in [3.63, 3.8) is 0 Å². The molecule has 1 amide bonds. The predicted octanol–water partition coefficient (Wildman–Crippen LogP) is 3.32. The molecule has 3 aliphatic rings. The highest BCUT2D eigenvalue weighted by Crippen LogP contribution is 2.48. The van der Waals surface area contributed by atoms with E-state index in [4.69, 9.17) is 22.1 Å². The molecule has 26 heavy (non-hydrogen) atoms. The minimum Gasteiger partial charge on any atom is -0.482 e. The number of anilines is 1. The Labute approximate surface area is 166 Å². The quantitative estimate of drug-likeness (QED) is 0.828. The van der Waals surface area contributed by atoms with Crippen molar-refractivity contribution < 1.29 is 9.53 Å². The number of carbonyl (C=O) groups is 1. The molecule has 2 saturated heterocycles. The number of fused-ring (bicyclic) bond motifs is 3. The molecule has 4 rings (SSSR count). The number of primary amides is 1. The van der Waals surface area contributed by atoms with E-state index >= 15 is 0 Å². The summed E-state index contributed by atoms with van der Waals surface area (Å²) in [6, 6.07) is 4.76. The van der Waals surface area contributed by atoms with Gasteiger partial charge in [0.25, 0.3) is 5.91 Å². The van der Waals surface area contributed by atoms with Gasteiger partial charge < -0.3 is 20.3 Å². The van der Waals surface area contributed by atoms with E-state index in [1.54, 1.807) is 6.07 Å². The van der Waals surface area contributed by atoms with Crippen molar-refractivity contribution in [2.75, 3.05) is 25.5 Å². The Hall–Kier alpha value is -1.17. The van der Waals surface area contributed by atoms with Crippen molar-refractivity contribution in [3.05, 3.63) is 22.7 Å². The van der Waals surface area contributed by atoms with Crippen molar-refractivity contribution in [1.82, 2.24) is 4.90 Å². The lowest BCUT2D eigenvalue weighted by Crippen LogP contribution is -2.57. The van der Waals surface area contributed by atoms with Crippen LogP contribution in [0.15, 0.2) is 12.1 Å². The number of halogens is 2. The molecule has 3 aliphatic heterocycles. The molecule has 0 aromatic heterocycles. The highest BCUT2D eigenvalue weighted by atomic mass is 35.5. The van der Waals surface area contributed by atoms with E-state index in [9.17, 15) is 4.79 Å². The molecule has 144 valence electrons. The van der Waals surface area contributed by atoms with Crippen LogP contribution in [0.5, 0.6) is 5.75 Å². The maximum atomic E-state index is 11.9. The van der Waals surface area contributed by atoms with Gasteiger partial charge in [-0.3, -0.25) is 4.79 Å². The van der Waals surface area contributed by atoms with Crippen LogP contribution >= 0.6 is 24.0 Å². The third-order valence-corrected chi connectivity index (χ3v) is 6.78. The summed E-state index contributed by atoms with van der Waals surface area (Å²) in [6.07, 6.45) is 4.85. The number of nitrogens with two attached hydrogens (primary N) is 1. The van der Waals surface area contributed by atoms with Crippen molar-refractivity contribution in [2.45, 2.75) is 50.3 Å². The first-order valence-electron chi connectivity index (χ1n) is 9.04. The minimum atomic E-state index is -0.500. The Kier molecular flexibility index (Phi) is 5.10. The van der Waals surface area contributed by atoms with E-state index in [2.05, 4.69) is 23.8 Å². The number of hydrogen-bond donors (Lipinski definition) is 1. The van der Waals surface area contributed by atoms with E-state index in [-0.39, 0.29) is 18.0 Å². The number of amides is 1. The first kappa shape index (κ1) is 19.6. The summed E-state index contributed by atoms with van der Waals surface area (Å²) in [5, 5.41) is 0.504. The Morgan fingerprint density at radius 3 is 2.46 bits per heavy atom. The number of piperidine rings is 1. The summed E-state index contributed by atoms with van der Waals surface area (Å²) in [5.74, 6) is 0.549. The zero-order valence-corrected chi connectivity index (χ0v) is 17.1. The Morgan fingerprint density at radius 1 is 1.27 bits per heavy atom. The van der Waals surface area contributed by atoms with E-state index in [1.165, 1.54) is 12.8 Å². The molecule has 1 aromatic rings. The standard InChI is InChI=1S/C19H26ClN3O2.ClH/c1-19(11-6-13-4-5-14(7-11)23(13)3)10-22(2)16-9-12(20)8-15(18(21)24)17(16)25-19;/h8-9,11,13-14H,4-7,10H2,1-3H3,(H2,21,24);1H. The highest BCUT2D eigenvalue weighted by Gasteiger charge is 2.49. The van der Waals surface area contributed by atoms with E-state index in [0.29, 0.717) is 34.3 Å². The molecule has 3 unspecified atom stereocenters. The van der Waals surface area contributed by atoms with E-state index in [1.807, 2.05) is 13.1 Å². The summed E-state index contributed by atoms with van der Waals surface area (Å²) in [4.78, 5) is 16.6. The third-order valence-electron chi connectivity index (χ3n) is 6.56. The van der Waals surface area contributed by atoms with Crippen molar-refractivity contribution in [3.8, 4) is 5.75 Å². The fourth-order valence-electron chi connectivity index (χ4n) is 5.10. The van der Waals surface area contributed by atoms with Gasteiger partial charge >= 0.3 is 0 Å². The van der Waals surface area contributed by atoms with Crippen LogP contribution in [0.1, 0.15) is 43.0 Å². The summed E-state index contributed by atoms with van der Waals surface area (Å²) in [7, 11) is 4.28. The van der Waals surface area contributed by atoms with Gasteiger partial charge in [-0.1, -0.05) is 11.6 Å². The molecule has 0 aliphatic carbocycles. The zero-order valence-electron chi connectivity index (χ0n) is 15.5. The average Bonchev–Trinajstić information content (AvgIpc) is 2.75. The Bertz CT molecular complexity index is 715. The van der Waals surface area contributed by atoms with Gasteiger partial charge in [0.05, 0.1) is 17.8 Å². The van der Waals surface area contributed by atoms with Gasteiger partial charge in [-0.05, 0) is 51.8 Å². The van der Waals surface area contributed by atoms with E-state index in [0.717, 1.165) is 25.1 Å². The molecule has 2 N–H and O–H groups in total. The lowest BCUT2D eigenvalue weighted by atomic mass is 9.77. The normalized spacial score (nSPS) is 33.2. The SMILES string of the molecule is CN1CC(C)(C2CC3CCC(C2)N3C)Oc2c(C(N)=O)cc(Cl)cc21.Cl. The second kappa shape index (κ2) is 6.77. The van der Waals surface area contributed by atoms with Gasteiger partial charge in [0, 0.05) is 30.1 Å². The van der Waals surface area contributed by atoms with Gasteiger partial charge in [0.1, 0.15) is 5.60 Å². The molecule has 2 bridgehead atoms. The second-order valence-electron chi connectivity index (χ2n) is 8.16. The number of hydrogen-bond acceptors (Lipinski definition) is 4. The molecular formula is C19H27Cl2N3O2. The van der Waals surface area contributed by atoms with Crippen LogP contribution in [0.25, 0.3) is 0 Å². The number of carbonyl (C=O) groups excluding carboxylic acids is 1. The zero-order chi connectivity index (χ0) is 17.9. The summed E-state index contributed by atoms with van der Waals surface area (Å²) >= 11 is 6.18. The van der Waals surface area contributed by atoms with Gasteiger partial charge in [-0.25, -0.2) is 0 Å². The molecule has 5 nitrogen and oxygen atoms in total. The predicted molar refractivity (Wildman–Crippen MR) is 107 cm³/mol. The van der Waals surface area contributed by atoms with E-state index < -0.39 is 5.91 Å². The lowest BCUT2D eigenvalue weighted by molar-refractivity contribution is -0.0207. The van der Waals surface area contributed by atoms with Crippen LogP contribution < -0.4 is 15.4 Å². The maximum Gasteiger partial charge on any atom is 0.252 e. The number of ether oxygens (including phenoxy) is 1. The van der Waals surface area contributed by atoms with Crippen LogP contribution in [0.4, 0.5) is 5.69 Å². The maximum absolute atomic E-state index is 11.9. The van der Waals surface area contributed by atoms with Gasteiger partial charge in [0.15, 0.2) is 5.75 Å². The molecule has 0 radical (unpaired) electrons. The van der Waals surface area contributed by atoms with Crippen LogP contribution in [0.2, 0.25) is 5.02 Å². The Balaban J connectivity index is 0.00000196. The number of nitrogens with zero attached hydrogens (tertiary/aromatic N) is 2. The lowest BCUT2D eigenvalue weighted by Gasteiger charge is -2.49. The number of rotatable bonds is 2. The summed E-state index contributed by atoms with van der Waals surface area (Å²) in [5.41, 5.74) is 6.47. The van der Waals surface area contributed by atoms with Crippen LogP contribution in [0.3, 0.4) is 0 Å². The molecule has 0 spiro atoms. The summed E-state index contributed by atoms with van der Waals surface area (Å²) < 4.78 is 6.52. The topological polar surface area (TPSA) is 58.8 Å². The molecular weight excluding hydrogens is 373 g/mol. The fourth-order valence-corrected chi connectivity index (χ4v) is 5.31. The molecule has 3 atom stereocenters. The second-order valence-corrected chi connectivity index (χ2v) is 8.59. The first-order valence-corrected chi connectivity index (χ1v) is 9.42. The van der Waals surface area contributed by atoms with Crippen LogP contribution in [0, 0.1) is 5.92 Å². The van der Waals surface area contributed by atoms with Gasteiger partial charge in [-0.2, -0.15) is 0 Å². The average molecular weight is 400 g/mol. The molecule has 1 aromatic carbocycles. The van der Waals surface area contributed by atoms with Gasteiger partial charge in [-0.15, -0.1) is 12.4 Å². The molecule has 2 fully saturated rings. The highest BCUT2D eigenvalue weighted by molar-refractivity contribution is 6.31. The summed E-state index contributed by atoms with van der Waals surface area (Å²) in [6.45, 7) is 2.97. The van der Waals surface area contributed by atoms with Crippen molar-refractivity contribution >= 4 is 35.6 Å². The number of benzene rings is 1. The fraction of sp³-hybridized carbons (Fsp3) is 0.632. The van der Waals surface area contributed by atoms with Crippen molar-refractivity contribution in [2.24, 2.45) is 11.7 Å². The largest absolute Gasteiger partial charge is 0.482 e. The Morgan fingerprint density at radius 2 is 1.88 bits per heavy atom. The van der Waals surface area contributed by atoms with Crippen molar-refractivity contribution in [1.29, 1.82) is 0 Å². The monoisotopic (exact) mass is 399 g/mol. The van der Waals surface area contributed by atoms with Crippen LogP contribution in [-0.4, -0.2) is 49.1 Å². The molecule has 3 heterocycles. The number of likely N-dealkylation sites (N-methyl/N-ethyl adjacent to an activating group) is 1. The van der Waals surface area contributed by atoms with Crippen LogP contribution in [-0.2, 0) is 0 Å². The van der Waals surface area contributed by atoms with Gasteiger partial charge in [0.2, 0.25) is 0 Å². The molecule has 7 heteroatoms. The first-order chi connectivity index (χ1) is 11.8. The third kappa shape index (κ3) is 3.04. The molecule has 0 saturated carbocycles. The smallest absolute Gasteiger partial charge is 0.252 e. The minimum absolute atomic E-state index is 0.